The highest BCUT2D eigenvalue weighted by Gasteiger charge is 2.42. The molecule has 1 aliphatic heterocycles. The van der Waals surface area contributed by atoms with Crippen molar-refractivity contribution in [2.24, 2.45) is 0 Å². The molecule has 0 saturated carbocycles. The van der Waals surface area contributed by atoms with Gasteiger partial charge in [-0.3, -0.25) is 34.2 Å². The fraction of sp³-hybridized carbons (Fsp3) is 0.222. The molecule has 0 spiro atoms. The van der Waals surface area contributed by atoms with Gasteiger partial charge in [-0.2, -0.15) is 0 Å². The third kappa shape index (κ3) is 5.47. The number of nitrogens with one attached hydrogen (secondary N) is 1. The molecule has 0 aromatic heterocycles. The fourth-order valence-corrected chi connectivity index (χ4v) is 4.16. The number of hydrogen-bond acceptors (Lipinski definition) is 8. The van der Waals surface area contributed by atoms with Gasteiger partial charge in [0.15, 0.2) is 11.5 Å². The van der Waals surface area contributed by atoms with Crippen molar-refractivity contribution < 1.29 is 33.6 Å². The summed E-state index contributed by atoms with van der Waals surface area (Å²) in [7, 11) is 1.48. The number of hydroxylamine groups is 1. The van der Waals surface area contributed by atoms with Gasteiger partial charge in [0.1, 0.15) is 0 Å². The predicted octanol–water partition coefficient (Wildman–Crippen LogP) is 3.98. The summed E-state index contributed by atoms with van der Waals surface area (Å²) in [5, 5.41) is 11.2. The number of amides is 3. The first-order chi connectivity index (χ1) is 18.3. The number of hydrogen-bond donors (Lipinski definition) is 1. The normalized spacial score (nSPS) is 13.2. The first kappa shape index (κ1) is 26.3. The lowest BCUT2D eigenvalue weighted by atomic mass is 10.0. The lowest BCUT2D eigenvalue weighted by Gasteiger charge is -2.27. The Kier molecular flexibility index (Phi) is 7.97. The van der Waals surface area contributed by atoms with Crippen LogP contribution >= 0.6 is 0 Å². The largest absolute Gasteiger partial charge is 0.493 e. The molecule has 4 rings (SSSR count). The van der Waals surface area contributed by atoms with Gasteiger partial charge in [-0.25, -0.2) is 5.48 Å². The van der Waals surface area contributed by atoms with Gasteiger partial charge < -0.3 is 9.47 Å². The zero-order valence-electron chi connectivity index (χ0n) is 20.7. The number of nitro groups is 1. The van der Waals surface area contributed by atoms with Gasteiger partial charge in [0.2, 0.25) is 5.91 Å². The quantitative estimate of drug-likeness (QED) is 0.228. The number of imide groups is 1. The molecule has 196 valence electrons. The van der Waals surface area contributed by atoms with Gasteiger partial charge in [0.25, 0.3) is 17.5 Å². The number of fused-ring (bicyclic) bond motifs is 1. The second-order valence-corrected chi connectivity index (χ2v) is 8.33. The lowest BCUT2D eigenvalue weighted by molar-refractivity contribution is -0.384. The molecule has 3 aromatic carbocycles. The number of ether oxygens (including phenoxy) is 2. The smallest absolute Gasteiger partial charge is 0.270 e. The standard InChI is InChI=1S/C27H25N3O8/c1-3-37-24-13-18(9-12-23(24)36-2)22(15-25(31)28-38-16-17-7-5-4-6-8-17)29-26(32)20-11-10-19(30(34)35)14-21(20)27(29)33/h4-14,22H,3,15-16H2,1-2H3,(H,28,31). The molecule has 0 aliphatic carbocycles. The Morgan fingerprint density at radius 2 is 1.74 bits per heavy atom. The average Bonchev–Trinajstić information content (AvgIpc) is 3.17. The number of non-ortho nitro benzene ring substituents is 1. The Labute approximate surface area is 218 Å². The van der Waals surface area contributed by atoms with E-state index in [1.165, 1.54) is 13.2 Å². The van der Waals surface area contributed by atoms with E-state index < -0.39 is 28.7 Å². The Morgan fingerprint density at radius 3 is 2.42 bits per heavy atom. The van der Waals surface area contributed by atoms with Gasteiger partial charge in [-0.05, 0) is 36.2 Å². The van der Waals surface area contributed by atoms with Crippen LogP contribution in [-0.2, 0) is 16.2 Å². The van der Waals surface area contributed by atoms with Crippen LogP contribution in [-0.4, -0.2) is 41.3 Å². The summed E-state index contributed by atoms with van der Waals surface area (Å²) in [6, 6.07) is 16.4. The van der Waals surface area contributed by atoms with E-state index in [1.807, 2.05) is 30.3 Å². The summed E-state index contributed by atoms with van der Waals surface area (Å²) >= 11 is 0. The monoisotopic (exact) mass is 519 g/mol. The summed E-state index contributed by atoms with van der Waals surface area (Å²) in [4.78, 5) is 56.5. The maximum Gasteiger partial charge on any atom is 0.270 e. The van der Waals surface area contributed by atoms with Crippen LogP contribution in [0.3, 0.4) is 0 Å². The molecule has 11 nitrogen and oxygen atoms in total. The lowest BCUT2D eigenvalue weighted by Crippen LogP contribution is -2.37. The molecule has 38 heavy (non-hydrogen) atoms. The molecule has 1 N–H and O–H groups in total. The van der Waals surface area contributed by atoms with E-state index >= 15 is 0 Å². The van der Waals surface area contributed by atoms with Crippen molar-refractivity contribution in [2.45, 2.75) is 26.0 Å². The highest BCUT2D eigenvalue weighted by Crippen LogP contribution is 2.38. The number of nitro benzene ring substituents is 1. The van der Waals surface area contributed by atoms with Crippen molar-refractivity contribution >= 4 is 23.4 Å². The number of rotatable bonds is 11. The molecule has 0 fully saturated rings. The third-order valence-corrected chi connectivity index (χ3v) is 5.94. The number of carbonyl (C=O) groups is 3. The Hall–Kier alpha value is -4.77. The molecule has 11 heteroatoms. The molecule has 0 bridgehead atoms. The average molecular weight is 520 g/mol. The summed E-state index contributed by atoms with van der Waals surface area (Å²) in [5.74, 6) is -1.20. The van der Waals surface area contributed by atoms with Gasteiger partial charge in [0, 0.05) is 12.1 Å². The van der Waals surface area contributed by atoms with Crippen molar-refractivity contribution in [3.63, 3.8) is 0 Å². The van der Waals surface area contributed by atoms with Gasteiger partial charge in [-0.1, -0.05) is 36.4 Å². The minimum Gasteiger partial charge on any atom is -0.493 e. The third-order valence-electron chi connectivity index (χ3n) is 5.94. The van der Waals surface area contributed by atoms with Crippen molar-refractivity contribution in [3.8, 4) is 11.5 Å². The van der Waals surface area contributed by atoms with Crippen LogP contribution in [0, 0.1) is 10.1 Å². The molecule has 3 aromatic rings. The van der Waals surface area contributed by atoms with E-state index in [0.717, 1.165) is 22.6 Å². The Bertz CT molecular complexity index is 1380. The second kappa shape index (κ2) is 11.5. The van der Waals surface area contributed by atoms with Crippen molar-refractivity contribution in [3.05, 3.63) is 99.1 Å². The molecule has 0 saturated heterocycles. The molecular formula is C27H25N3O8. The van der Waals surface area contributed by atoms with Gasteiger partial charge in [0.05, 0.1) is 48.8 Å². The van der Waals surface area contributed by atoms with Crippen LogP contribution in [0.4, 0.5) is 5.69 Å². The van der Waals surface area contributed by atoms with E-state index in [0.29, 0.717) is 23.7 Å². The SMILES string of the molecule is CCOc1cc(C(CC(=O)NOCc2ccccc2)N2C(=O)c3ccc([N+](=O)[O-])cc3C2=O)ccc1OC. The van der Waals surface area contributed by atoms with Gasteiger partial charge >= 0.3 is 0 Å². The topological polar surface area (TPSA) is 137 Å². The summed E-state index contributed by atoms with van der Waals surface area (Å²) in [5.41, 5.74) is 3.22. The van der Waals surface area contributed by atoms with Gasteiger partial charge in [-0.15, -0.1) is 0 Å². The maximum absolute atomic E-state index is 13.4. The van der Waals surface area contributed by atoms with Crippen LogP contribution in [0.25, 0.3) is 0 Å². The zero-order valence-corrected chi connectivity index (χ0v) is 20.7. The van der Waals surface area contributed by atoms with Crippen LogP contribution in [0.15, 0.2) is 66.7 Å². The first-order valence-corrected chi connectivity index (χ1v) is 11.8. The summed E-state index contributed by atoms with van der Waals surface area (Å²) in [6.07, 6.45) is -0.333. The molecule has 1 atom stereocenters. The first-order valence-electron chi connectivity index (χ1n) is 11.8. The minimum atomic E-state index is -1.06. The van der Waals surface area contributed by atoms with Crippen LogP contribution in [0.2, 0.25) is 0 Å². The molecule has 3 amide bonds. The second-order valence-electron chi connectivity index (χ2n) is 8.33. The van der Waals surface area contributed by atoms with Crippen LogP contribution in [0.1, 0.15) is 51.2 Å². The molecule has 1 unspecified atom stereocenters. The maximum atomic E-state index is 13.4. The Balaban J connectivity index is 1.64. The van der Waals surface area contributed by atoms with E-state index in [9.17, 15) is 24.5 Å². The zero-order chi connectivity index (χ0) is 27.2. The van der Waals surface area contributed by atoms with Crippen molar-refractivity contribution in [1.82, 2.24) is 10.4 Å². The van der Waals surface area contributed by atoms with E-state index in [-0.39, 0.29) is 29.8 Å². The van der Waals surface area contributed by atoms with Crippen molar-refractivity contribution in [1.29, 1.82) is 0 Å². The summed E-state index contributed by atoms with van der Waals surface area (Å²) in [6.45, 7) is 2.23. The van der Waals surface area contributed by atoms with E-state index in [1.54, 1.807) is 25.1 Å². The molecule has 1 heterocycles. The summed E-state index contributed by atoms with van der Waals surface area (Å²) < 4.78 is 11.0. The molecular weight excluding hydrogens is 494 g/mol. The number of benzene rings is 3. The highest BCUT2D eigenvalue weighted by atomic mass is 16.7. The van der Waals surface area contributed by atoms with Crippen LogP contribution in [0.5, 0.6) is 11.5 Å². The van der Waals surface area contributed by atoms with Crippen LogP contribution < -0.4 is 15.0 Å². The van der Waals surface area contributed by atoms with E-state index in [4.69, 9.17) is 14.3 Å². The van der Waals surface area contributed by atoms with E-state index in [2.05, 4.69) is 5.48 Å². The fourth-order valence-electron chi connectivity index (χ4n) is 4.16. The Morgan fingerprint density at radius 1 is 1.00 bits per heavy atom. The number of methoxy groups -OCH3 is 1. The minimum absolute atomic E-state index is 0.0184. The molecule has 1 aliphatic rings. The number of nitrogens with zero attached hydrogens (tertiary/aromatic N) is 2. The van der Waals surface area contributed by atoms with Crippen molar-refractivity contribution in [2.75, 3.05) is 13.7 Å². The predicted molar refractivity (Wildman–Crippen MR) is 134 cm³/mol. The molecule has 0 radical (unpaired) electrons. The highest BCUT2D eigenvalue weighted by molar-refractivity contribution is 6.22. The number of carbonyl (C=O) groups excluding carboxylic acids is 3.